The molecule has 5 heteroatoms. The number of carbonyl (C=O) groups excluding carboxylic acids is 1. The van der Waals surface area contributed by atoms with Crippen LogP contribution in [0.3, 0.4) is 0 Å². The first-order chi connectivity index (χ1) is 8.53. The third kappa shape index (κ3) is 3.06. The van der Waals surface area contributed by atoms with Gasteiger partial charge in [-0.1, -0.05) is 0 Å². The van der Waals surface area contributed by atoms with Crippen molar-refractivity contribution < 1.29 is 9.53 Å². The Hall–Kier alpha value is -1.91. The molecule has 0 heterocycles. The third-order valence-corrected chi connectivity index (χ3v) is 2.78. The second kappa shape index (κ2) is 6.14. The predicted molar refractivity (Wildman–Crippen MR) is 70.3 cm³/mol. The number of hydrogen-bond acceptors (Lipinski definition) is 4. The van der Waals surface area contributed by atoms with E-state index in [1.807, 2.05) is 13.8 Å². The maximum Gasteiger partial charge on any atom is 0.415 e. The smallest absolute Gasteiger partial charge is 0.410 e. The Morgan fingerprint density at radius 3 is 2.11 bits per heavy atom. The second-order valence-corrected chi connectivity index (χ2v) is 4.04. The number of benzene rings is 1. The van der Waals surface area contributed by atoms with Crippen LogP contribution in [0.25, 0.3) is 0 Å². The molecule has 0 radical (unpaired) electrons. The van der Waals surface area contributed by atoms with E-state index in [1.54, 1.807) is 30.9 Å². The predicted octanol–water partition coefficient (Wildman–Crippen LogP) is 3.54. The van der Waals surface area contributed by atoms with Crippen LogP contribution in [0.4, 0.5) is 10.5 Å². The maximum atomic E-state index is 11.8. The van der Waals surface area contributed by atoms with Crippen LogP contribution < -0.4 is 4.74 Å². The summed E-state index contributed by atoms with van der Waals surface area (Å²) in [6.45, 7) is 8.50. The first-order valence-corrected chi connectivity index (χ1v) is 5.94. The number of nitroso groups, excluding NO2 is 1. The van der Waals surface area contributed by atoms with Crippen LogP contribution in [0.15, 0.2) is 17.3 Å². The lowest BCUT2D eigenvalue weighted by Gasteiger charge is -2.18. The molecule has 0 unspecified atom stereocenters. The minimum absolute atomic E-state index is 0.384. The van der Waals surface area contributed by atoms with Crippen molar-refractivity contribution in [1.29, 1.82) is 0 Å². The van der Waals surface area contributed by atoms with Crippen molar-refractivity contribution in [3.8, 4) is 5.75 Å². The lowest BCUT2D eigenvalue weighted by Crippen LogP contribution is -2.33. The Kier molecular flexibility index (Phi) is 4.83. The molecular weight excluding hydrogens is 232 g/mol. The number of nitrogens with zero attached hydrogens (tertiary/aromatic N) is 2. The van der Waals surface area contributed by atoms with E-state index in [-0.39, 0.29) is 6.09 Å². The maximum absolute atomic E-state index is 11.8. The Morgan fingerprint density at radius 2 is 1.72 bits per heavy atom. The number of amides is 1. The summed E-state index contributed by atoms with van der Waals surface area (Å²) in [6, 6.07) is 3.29. The molecule has 0 fully saturated rings. The van der Waals surface area contributed by atoms with Gasteiger partial charge in [-0.15, -0.1) is 4.91 Å². The zero-order valence-electron chi connectivity index (χ0n) is 11.2. The molecule has 0 aliphatic heterocycles. The fourth-order valence-electron chi connectivity index (χ4n) is 1.77. The summed E-state index contributed by atoms with van der Waals surface area (Å²) in [7, 11) is 0. The molecule has 1 rings (SSSR count). The number of hydrogen-bond donors (Lipinski definition) is 0. The van der Waals surface area contributed by atoms with Gasteiger partial charge in [0.15, 0.2) is 0 Å². The van der Waals surface area contributed by atoms with Crippen molar-refractivity contribution in [3.63, 3.8) is 0 Å². The second-order valence-electron chi connectivity index (χ2n) is 4.04. The first kappa shape index (κ1) is 14.2. The SMILES string of the molecule is CCN(CC)C(=O)Oc1cc(C)c(N=O)c(C)c1. The van der Waals surface area contributed by atoms with E-state index in [0.29, 0.717) is 35.7 Å². The van der Waals surface area contributed by atoms with Gasteiger partial charge in [0.1, 0.15) is 11.4 Å². The van der Waals surface area contributed by atoms with Crippen LogP contribution in [-0.2, 0) is 0 Å². The lowest BCUT2D eigenvalue weighted by atomic mass is 10.1. The van der Waals surface area contributed by atoms with E-state index in [0.717, 1.165) is 0 Å². The van der Waals surface area contributed by atoms with Crippen molar-refractivity contribution in [2.45, 2.75) is 27.7 Å². The zero-order chi connectivity index (χ0) is 13.7. The van der Waals surface area contributed by atoms with Gasteiger partial charge >= 0.3 is 6.09 Å². The highest BCUT2D eigenvalue weighted by Gasteiger charge is 2.13. The van der Waals surface area contributed by atoms with Gasteiger partial charge in [-0.2, -0.15) is 0 Å². The molecule has 1 aromatic rings. The van der Waals surface area contributed by atoms with Gasteiger partial charge in [-0.3, -0.25) is 0 Å². The highest BCUT2D eigenvalue weighted by atomic mass is 16.6. The molecule has 0 aromatic heterocycles. The lowest BCUT2D eigenvalue weighted by molar-refractivity contribution is 0.157. The number of carbonyl (C=O) groups is 1. The van der Waals surface area contributed by atoms with Crippen molar-refractivity contribution >= 4 is 11.8 Å². The van der Waals surface area contributed by atoms with Crippen LogP contribution >= 0.6 is 0 Å². The van der Waals surface area contributed by atoms with Crippen molar-refractivity contribution in [3.05, 3.63) is 28.2 Å². The van der Waals surface area contributed by atoms with Crippen molar-refractivity contribution in [2.24, 2.45) is 5.18 Å². The van der Waals surface area contributed by atoms with E-state index in [1.165, 1.54) is 0 Å². The van der Waals surface area contributed by atoms with E-state index in [2.05, 4.69) is 5.18 Å². The average Bonchev–Trinajstić information content (AvgIpc) is 2.30. The van der Waals surface area contributed by atoms with Gasteiger partial charge in [0.25, 0.3) is 0 Å². The molecule has 0 saturated heterocycles. The standard InChI is InChI=1S/C13H18N2O3/c1-5-15(6-2)13(16)18-11-7-9(3)12(14-17)10(4)8-11/h7-8H,5-6H2,1-4H3. The fourth-order valence-corrected chi connectivity index (χ4v) is 1.77. The van der Waals surface area contributed by atoms with Crippen LogP contribution in [0.5, 0.6) is 5.75 Å². The molecule has 0 saturated carbocycles. The third-order valence-electron chi connectivity index (χ3n) is 2.78. The number of rotatable bonds is 4. The summed E-state index contributed by atoms with van der Waals surface area (Å²) in [4.78, 5) is 24.0. The molecule has 0 aliphatic carbocycles. The minimum atomic E-state index is -0.384. The molecule has 1 aromatic carbocycles. The van der Waals surface area contributed by atoms with Gasteiger partial charge in [-0.25, -0.2) is 4.79 Å². The Labute approximate surface area is 107 Å². The Bertz CT molecular complexity index is 431. The van der Waals surface area contributed by atoms with Gasteiger partial charge < -0.3 is 9.64 Å². The van der Waals surface area contributed by atoms with Gasteiger partial charge in [0.05, 0.1) is 0 Å². The fraction of sp³-hybridized carbons (Fsp3) is 0.462. The van der Waals surface area contributed by atoms with E-state index in [4.69, 9.17) is 4.74 Å². The molecule has 0 spiro atoms. The van der Waals surface area contributed by atoms with E-state index >= 15 is 0 Å². The molecule has 18 heavy (non-hydrogen) atoms. The minimum Gasteiger partial charge on any atom is -0.410 e. The molecule has 0 bridgehead atoms. The van der Waals surface area contributed by atoms with Gasteiger partial charge in [0.2, 0.25) is 0 Å². The van der Waals surface area contributed by atoms with Crippen LogP contribution in [0.1, 0.15) is 25.0 Å². The van der Waals surface area contributed by atoms with Gasteiger partial charge in [0, 0.05) is 13.1 Å². The summed E-state index contributed by atoms with van der Waals surface area (Å²) in [6.07, 6.45) is -0.384. The quantitative estimate of drug-likeness (QED) is 0.768. The molecule has 98 valence electrons. The van der Waals surface area contributed by atoms with E-state index < -0.39 is 0 Å². The molecule has 0 atom stereocenters. The van der Waals surface area contributed by atoms with Crippen LogP contribution in [0, 0.1) is 18.8 Å². The number of aryl methyl sites for hydroxylation is 2. The first-order valence-electron chi connectivity index (χ1n) is 5.94. The van der Waals surface area contributed by atoms with Crippen LogP contribution in [0.2, 0.25) is 0 Å². The molecule has 5 nitrogen and oxygen atoms in total. The Morgan fingerprint density at radius 1 is 1.22 bits per heavy atom. The van der Waals surface area contributed by atoms with E-state index in [9.17, 15) is 9.70 Å². The molecule has 0 N–H and O–H groups in total. The van der Waals surface area contributed by atoms with Crippen molar-refractivity contribution in [1.82, 2.24) is 4.90 Å². The summed E-state index contributed by atoms with van der Waals surface area (Å²) in [5, 5.41) is 2.96. The van der Waals surface area contributed by atoms with Gasteiger partial charge in [-0.05, 0) is 56.1 Å². The van der Waals surface area contributed by atoms with Crippen molar-refractivity contribution in [2.75, 3.05) is 13.1 Å². The summed E-state index contributed by atoms with van der Waals surface area (Å²) in [5.41, 5.74) is 1.80. The monoisotopic (exact) mass is 250 g/mol. The highest BCUT2D eigenvalue weighted by molar-refractivity contribution is 5.71. The van der Waals surface area contributed by atoms with Crippen LogP contribution in [-0.4, -0.2) is 24.1 Å². The number of ether oxygens (including phenoxy) is 1. The summed E-state index contributed by atoms with van der Waals surface area (Å²) in [5.74, 6) is 0.439. The molecule has 1 amide bonds. The molecule has 0 aliphatic rings. The average molecular weight is 250 g/mol. The highest BCUT2D eigenvalue weighted by Crippen LogP contribution is 2.28. The zero-order valence-corrected chi connectivity index (χ0v) is 11.2. The Balaban J connectivity index is 2.92. The molecular formula is C13H18N2O3. The summed E-state index contributed by atoms with van der Waals surface area (Å²) < 4.78 is 5.26. The largest absolute Gasteiger partial charge is 0.415 e. The normalized spacial score (nSPS) is 10.0. The summed E-state index contributed by atoms with van der Waals surface area (Å²) >= 11 is 0. The topological polar surface area (TPSA) is 59.0 Å².